The molecular weight excluding hydrogens is 340 g/mol. The second-order valence-electron chi connectivity index (χ2n) is 5.22. The number of rotatable bonds is 6. The van der Waals surface area contributed by atoms with Gasteiger partial charge in [0.1, 0.15) is 16.9 Å². The highest BCUT2D eigenvalue weighted by atomic mass is 79.9. The summed E-state index contributed by atoms with van der Waals surface area (Å²) < 4.78 is 6.58. The topological polar surface area (TPSA) is 63.0 Å². The summed E-state index contributed by atoms with van der Waals surface area (Å²) in [5.41, 5.74) is -0.593. The molecule has 0 spiro atoms. The van der Waals surface area contributed by atoms with E-state index in [2.05, 4.69) is 20.9 Å². The number of nitriles is 1. The van der Waals surface area contributed by atoms with Gasteiger partial charge in [-0.2, -0.15) is 5.26 Å². The van der Waals surface area contributed by atoms with E-state index in [0.717, 1.165) is 20.8 Å². The standard InChI is InChI=1S/C14H17BrN2O2S/c1-10-11(15)20-12(17-10)14(19-4,6-5-7-16)8-13(2,3)9-18/h5-6,9H,8H2,1-4H3. The lowest BCUT2D eigenvalue weighted by Crippen LogP contribution is -2.33. The zero-order valence-electron chi connectivity index (χ0n) is 11.9. The van der Waals surface area contributed by atoms with Crippen LogP contribution in [0.4, 0.5) is 0 Å². The van der Waals surface area contributed by atoms with Crippen molar-refractivity contribution in [1.29, 1.82) is 5.26 Å². The lowest BCUT2D eigenvalue weighted by Gasteiger charge is -2.32. The summed E-state index contributed by atoms with van der Waals surface area (Å²) in [5.74, 6) is 0. The Morgan fingerprint density at radius 3 is 2.60 bits per heavy atom. The predicted molar refractivity (Wildman–Crippen MR) is 82.5 cm³/mol. The van der Waals surface area contributed by atoms with Gasteiger partial charge in [-0.15, -0.1) is 11.3 Å². The fourth-order valence-electron chi connectivity index (χ4n) is 1.88. The van der Waals surface area contributed by atoms with Crippen LogP contribution in [0, 0.1) is 23.7 Å². The fraction of sp³-hybridized carbons (Fsp3) is 0.500. The van der Waals surface area contributed by atoms with E-state index in [0.29, 0.717) is 6.42 Å². The molecule has 0 aliphatic rings. The molecule has 0 saturated carbocycles. The maximum absolute atomic E-state index is 11.2. The number of carbonyl (C=O) groups is 1. The first-order chi connectivity index (χ1) is 9.30. The van der Waals surface area contributed by atoms with Gasteiger partial charge in [0.05, 0.1) is 15.5 Å². The minimum atomic E-state index is -0.873. The number of carbonyl (C=O) groups excluding carboxylic acids is 1. The molecule has 0 aromatic carbocycles. The first-order valence-corrected chi connectivity index (χ1v) is 7.63. The number of ether oxygens (including phenoxy) is 1. The third-order valence-corrected chi connectivity index (χ3v) is 5.09. The monoisotopic (exact) mass is 356 g/mol. The van der Waals surface area contributed by atoms with E-state index in [1.54, 1.807) is 13.2 Å². The third-order valence-electron chi connectivity index (χ3n) is 2.93. The van der Waals surface area contributed by atoms with Crippen LogP contribution >= 0.6 is 27.3 Å². The van der Waals surface area contributed by atoms with Crippen molar-refractivity contribution in [3.8, 4) is 6.07 Å². The van der Waals surface area contributed by atoms with E-state index in [1.807, 2.05) is 26.8 Å². The van der Waals surface area contributed by atoms with Crippen molar-refractivity contribution in [2.24, 2.45) is 5.41 Å². The summed E-state index contributed by atoms with van der Waals surface area (Å²) in [6.07, 6.45) is 4.35. The van der Waals surface area contributed by atoms with Crippen LogP contribution in [0.3, 0.4) is 0 Å². The van der Waals surface area contributed by atoms with Gasteiger partial charge in [0.15, 0.2) is 0 Å². The fourth-order valence-corrected chi connectivity index (χ4v) is 3.37. The zero-order valence-corrected chi connectivity index (χ0v) is 14.3. The Kier molecular flexibility index (Phi) is 5.63. The molecule has 0 saturated heterocycles. The minimum Gasteiger partial charge on any atom is -0.367 e. The Morgan fingerprint density at radius 2 is 2.20 bits per heavy atom. The van der Waals surface area contributed by atoms with Gasteiger partial charge in [0.2, 0.25) is 0 Å². The van der Waals surface area contributed by atoms with E-state index in [-0.39, 0.29) is 0 Å². The number of hydrogen-bond donors (Lipinski definition) is 0. The van der Waals surface area contributed by atoms with Gasteiger partial charge in [0, 0.05) is 18.6 Å². The van der Waals surface area contributed by atoms with Crippen LogP contribution in [-0.2, 0) is 15.1 Å². The van der Waals surface area contributed by atoms with Gasteiger partial charge in [-0.25, -0.2) is 4.98 Å². The average molecular weight is 357 g/mol. The summed E-state index contributed by atoms with van der Waals surface area (Å²) in [6.45, 7) is 5.57. The van der Waals surface area contributed by atoms with Crippen LogP contribution in [-0.4, -0.2) is 18.4 Å². The zero-order chi connectivity index (χ0) is 15.4. The molecule has 0 radical (unpaired) electrons. The van der Waals surface area contributed by atoms with Crippen molar-refractivity contribution in [1.82, 2.24) is 4.98 Å². The van der Waals surface area contributed by atoms with E-state index < -0.39 is 11.0 Å². The molecular formula is C14H17BrN2O2S. The molecule has 1 atom stereocenters. The van der Waals surface area contributed by atoms with Crippen molar-refractivity contribution in [2.75, 3.05) is 7.11 Å². The SMILES string of the molecule is COC(C=CC#N)(CC(C)(C)C=O)c1nc(C)c(Br)s1. The van der Waals surface area contributed by atoms with Gasteiger partial charge < -0.3 is 9.53 Å². The second-order valence-corrected chi connectivity index (χ2v) is 7.53. The number of aromatic nitrogens is 1. The summed E-state index contributed by atoms with van der Waals surface area (Å²) >= 11 is 4.90. The van der Waals surface area contributed by atoms with Crippen LogP contribution < -0.4 is 0 Å². The van der Waals surface area contributed by atoms with Gasteiger partial charge >= 0.3 is 0 Å². The molecule has 0 bridgehead atoms. The summed E-state index contributed by atoms with van der Waals surface area (Å²) in [7, 11) is 1.56. The molecule has 0 N–H and O–H groups in total. The van der Waals surface area contributed by atoms with Crippen LogP contribution in [0.2, 0.25) is 0 Å². The largest absolute Gasteiger partial charge is 0.367 e. The van der Waals surface area contributed by atoms with Crippen molar-refractivity contribution < 1.29 is 9.53 Å². The number of allylic oxidation sites excluding steroid dienone is 1. The Hall–Kier alpha value is -1.03. The number of methoxy groups -OCH3 is 1. The average Bonchev–Trinajstić information content (AvgIpc) is 2.75. The van der Waals surface area contributed by atoms with Crippen LogP contribution in [0.5, 0.6) is 0 Å². The van der Waals surface area contributed by atoms with Crippen LogP contribution in [0.1, 0.15) is 31.0 Å². The summed E-state index contributed by atoms with van der Waals surface area (Å²) in [6, 6.07) is 1.97. The van der Waals surface area contributed by atoms with E-state index >= 15 is 0 Å². The van der Waals surface area contributed by atoms with Gasteiger partial charge in [0.25, 0.3) is 0 Å². The van der Waals surface area contributed by atoms with Gasteiger partial charge in [-0.1, -0.05) is 13.8 Å². The normalized spacial score (nSPS) is 15.0. The first kappa shape index (κ1) is 17.0. The molecule has 0 fully saturated rings. The maximum atomic E-state index is 11.2. The molecule has 6 heteroatoms. The number of aryl methyl sites for hydroxylation is 1. The Morgan fingerprint density at radius 1 is 1.55 bits per heavy atom. The van der Waals surface area contributed by atoms with Gasteiger partial charge in [-0.3, -0.25) is 0 Å². The lowest BCUT2D eigenvalue weighted by molar-refractivity contribution is -0.118. The second kappa shape index (κ2) is 6.61. The van der Waals surface area contributed by atoms with E-state index in [1.165, 1.54) is 17.4 Å². The molecule has 1 rings (SSSR count). The highest BCUT2D eigenvalue weighted by Gasteiger charge is 2.39. The molecule has 108 valence electrons. The number of thiazole rings is 1. The number of hydrogen-bond acceptors (Lipinski definition) is 5. The van der Waals surface area contributed by atoms with Gasteiger partial charge in [-0.05, 0) is 35.4 Å². The smallest absolute Gasteiger partial charge is 0.139 e. The number of nitrogens with zero attached hydrogens (tertiary/aromatic N) is 2. The summed E-state index contributed by atoms with van der Waals surface area (Å²) in [4.78, 5) is 15.7. The molecule has 4 nitrogen and oxygen atoms in total. The van der Waals surface area contributed by atoms with Crippen molar-refractivity contribution in [2.45, 2.75) is 32.8 Å². The first-order valence-electron chi connectivity index (χ1n) is 6.02. The summed E-state index contributed by atoms with van der Waals surface area (Å²) in [5, 5.41) is 9.53. The Labute approximate surface area is 131 Å². The quantitative estimate of drug-likeness (QED) is 0.575. The molecule has 20 heavy (non-hydrogen) atoms. The number of halogens is 1. The highest BCUT2D eigenvalue weighted by Crippen LogP contribution is 2.41. The molecule has 0 aliphatic heterocycles. The van der Waals surface area contributed by atoms with Crippen molar-refractivity contribution in [3.63, 3.8) is 0 Å². The third kappa shape index (κ3) is 3.75. The molecule has 1 unspecified atom stereocenters. The lowest BCUT2D eigenvalue weighted by atomic mass is 9.81. The van der Waals surface area contributed by atoms with Crippen LogP contribution in [0.15, 0.2) is 15.9 Å². The van der Waals surface area contributed by atoms with E-state index in [9.17, 15) is 4.79 Å². The Balaban J connectivity index is 3.35. The van der Waals surface area contributed by atoms with Crippen molar-refractivity contribution >= 4 is 33.6 Å². The number of aldehydes is 1. The van der Waals surface area contributed by atoms with Crippen LogP contribution in [0.25, 0.3) is 0 Å². The Bertz CT molecular complexity index is 541. The minimum absolute atomic E-state index is 0.414. The molecule has 1 aromatic rings. The molecule has 0 amide bonds. The van der Waals surface area contributed by atoms with Crippen molar-refractivity contribution in [3.05, 3.63) is 26.6 Å². The molecule has 1 aromatic heterocycles. The highest BCUT2D eigenvalue weighted by molar-refractivity contribution is 9.11. The molecule has 0 aliphatic carbocycles. The van der Waals surface area contributed by atoms with E-state index in [4.69, 9.17) is 10.00 Å². The molecule has 1 heterocycles. The predicted octanol–water partition coefficient (Wildman–Crippen LogP) is 3.75. The maximum Gasteiger partial charge on any atom is 0.139 e.